The predicted octanol–water partition coefficient (Wildman–Crippen LogP) is 5.81. The molecule has 1 fully saturated rings. The quantitative estimate of drug-likeness (QED) is 0.336. The second kappa shape index (κ2) is 12.8. The molecule has 4 rings (SSSR count). The van der Waals surface area contributed by atoms with Gasteiger partial charge in [-0.15, -0.1) is 0 Å². The first-order valence-electron chi connectivity index (χ1n) is 12.6. The Morgan fingerprint density at radius 3 is 2.74 bits per heavy atom. The fraction of sp³-hybridized carbons (Fsp3) is 0.357. The van der Waals surface area contributed by atoms with E-state index in [0.29, 0.717) is 48.1 Å². The Morgan fingerprint density at radius 1 is 1.28 bits per heavy atom. The van der Waals surface area contributed by atoms with Crippen molar-refractivity contribution in [1.29, 1.82) is 0 Å². The van der Waals surface area contributed by atoms with E-state index in [4.69, 9.17) is 4.74 Å². The van der Waals surface area contributed by atoms with Crippen molar-refractivity contribution in [3.8, 4) is 5.75 Å². The highest BCUT2D eigenvalue weighted by Crippen LogP contribution is 2.38. The minimum Gasteiger partial charge on any atom is -0.496 e. The number of amides is 3. The van der Waals surface area contributed by atoms with Crippen molar-refractivity contribution in [1.82, 2.24) is 14.8 Å². The third kappa shape index (κ3) is 6.71. The number of benzene rings is 1. The molecule has 1 aliphatic heterocycles. The van der Waals surface area contributed by atoms with Gasteiger partial charge in [-0.25, -0.2) is 4.98 Å². The Labute approximate surface area is 241 Å². The third-order valence-corrected chi connectivity index (χ3v) is 9.43. The molecule has 3 amide bonds. The number of carbonyl (C=O) groups excluding carboxylic acids is 3. The molecule has 3 heterocycles. The number of hydrogen-bond donors (Lipinski definition) is 1. The molecule has 206 valence electrons. The number of nitrogens with zero attached hydrogens (tertiary/aromatic N) is 3. The molecule has 0 radical (unpaired) electrons. The lowest BCUT2D eigenvalue weighted by molar-refractivity contribution is -0.129. The summed E-state index contributed by atoms with van der Waals surface area (Å²) < 4.78 is 6.50. The summed E-state index contributed by atoms with van der Waals surface area (Å²) >= 11 is 4.33. The summed E-state index contributed by atoms with van der Waals surface area (Å²) in [6.07, 6.45) is 3.75. The average Bonchev–Trinajstić information content (AvgIpc) is 3.56. The van der Waals surface area contributed by atoms with E-state index >= 15 is 0 Å². The Bertz CT molecular complexity index is 1350. The Balaban J connectivity index is 1.55. The summed E-state index contributed by atoms with van der Waals surface area (Å²) in [5.74, 6) is 0.264. The average molecular weight is 585 g/mol. The van der Waals surface area contributed by atoms with Crippen LogP contribution in [0, 0.1) is 12.8 Å². The largest absolute Gasteiger partial charge is 0.496 e. The van der Waals surface area contributed by atoms with Gasteiger partial charge in [-0.3, -0.25) is 19.7 Å². The number of methoxy groups -OCH3 is 1. The van der Waals surface area contributed by atoms with Crippen LogP contribution in [0.2, 0.25) is 0 Å². The topological polar surface area (TPSA) is 91.8 Å². The van der Waals surface area contributed by atoms with Gasteiger partial charge in [-0.05, 0) is 54.5 Å². The van der Waals surface area contributed by atoms with E-state index in [-0.39, 0.29) is 29.7 Å². The van der Waals surface area contributed by atoms with Crippen molar-refractivity contribution in [3.63, 3.8) is 0 Å². The maximum atomic E-state index is 13.9. The first kappa shape index (κ1) is 28.8. The molecular formula is C28H32N4O4S3. The standard InChI is InChI=1S/C28H32N4O4S3/c1-6-24(33)32-10-7-9-31(15-21(32)17(2)3)27(35)20-13-23(18(4)12-22(20)36-5)38-25-14-29-28(39-25)30-26(34)19-8-11-37-16-19/h6,8,11-14,16-17,21H,1,7,9-10,15H2,2-5H3,(H,29,30,34). The second-order valence-corrected chi connectivity index (χ2v) is 12.7. The number of ether oxygens (including phenoxy) is 1. The molecule has 8 nitrogen and oxygen atoms in total. The minimum absolute atomic E-state index is 0.104. The molecule has 3 aromatic rings. The van der Waals surface area contributed by atoms with Crippen molar-refractivity contribution < 1.29 is 19.1 Å². The molecule has 0 saturated carbocycles. The van der Waals surface area contributed by atoms with E-state index in [1.54, 1.807) is 24.8 Å². The number of thiazole rings is 1. The minimum atomic E-state index is -0.193. The van der Waals surface area contributed by atoms with Crippen molar-refractivity contribution in [3.05, 3.63) is 64.5 Å². The van der Waals surface area contributed by atoms with Gasteiger partial charge in [0.2, 0.25) is 5.91 Å². The van der Waals surface area contributed by atoms with Crippen LogP contribution in [0.15, 0.2) is 56.9 Å². The fourth-order valence-corrected chi connectivity index (χ4v) is 7.05. The summed E-state index contributed by atoms with van der Waals surface area (Å²) in [7, 11) is 1.56. The molecule has 1 unspecified atom stereocenters. The van der Waals surface area contributed by atoms with Crippen LogP contribution in [-0.4, -0.2) is 65.3 Å². The van der Waals surface area contributed by atoms with Gasteiger partial charge in [0.25, 0.3) is 11.8 Å². The number of carbonyl (C=O) groups is 3. The van der Waals surface area contributed by atoms with Gasteiger partial charge in [0.05, 0.1) is 34.7 Å². The Hall–Kier alpha value is -3.15. The highest BCUT2D eigenvalue weighted by Gasteiger charge is 2.32. The van der Waals surface area contributed by atoms with Gasteiger partial charge in [0.15, 0.2) is 5.13 Å². The molecule has 1 aliphatic rings. The molecule has 1 saturated heterocycles. The second-order valence-electron chi connectivity index (χ2n) is 9.52. The van der Waals surface area contributed by atoms with Crippen LogP contribution in [0.5, 0.6) is 5.75 Å². The number of aryl methyl sites for hydroxylation is 1. The normalized spacial score (nSPS) is 15.7. The number of anilines is 1. The number of thiophene rings is 1. The molecule has 39 heavy (non-hydrogen) atoms. The van der Waals surface area contributed by atoms with Gasteiger partial charge in [-0.1, -0.05) is 43.5 Å². The summed E-state index contributed by atoms with van der Waals surface area (Å²) in [4.78, 5) is 47.7. The van der Waals surface area contributed by atoms with E-state index in [0.717, 1.165) is 14.7 Å². The lowest BCUT2D eigenvalue weighted by Crippen LogP contribution is -2.47. The van der Waals surface area contributed by atoms with Crippen LogP contribution in [0.3, 0.4) is 0 Å². The van der Waals surface area contributed by atoms with E-state index in [1.807, 2.05) is 34.2 Å². The molecule has 1 atom stereocenters. The van der Waals surface area contributed by atoms with Crippen LogP contribution in [0.4, 0.5) is 5.13 Å². The van der Waals surface area contributed by atoms with Gasteiger partial charge in [0.1, 0.15) is 5.75 Å². The maximum absolute atomic E-state index is 13.9. The lowest BCUT2D eigenvalue weighted by atomic mass is 10.0. The summed E-state index contributed by atoms with van der Waals surface area (Å²) in [6, 6.07) is 5.41. The van der Waals surface area contributed by atoms with Crippen LogP contribution < -0.4 is 10.1 Å². The zero-order valence-corrected chi connectivity index (χ0v) is 24.9. The van der Waals surface area contributed by atoms with Crippen LogP contribution >= 0.6 is 34.4 Å². The van der Waals surface area contributed by atoms with E-state index < -0.39 is 0 Å². The van der Waals surface area contributed by atoms with E-state index in [1.165, 1.54) is 40.5 Å². The van der Waals surface area contributed by atoms with Crippen molar-refractivity contribution in [2.24, 2.45) is 5.92 Å². The predicted molar refractivity (Wildman–Crippen MR) is 157 cm³/mol. The monoisotopic (exact) mass is 584 g/mol. The zero-order valence-electron chi connectivity index (χ0n) is 22.4. The zero-order chi connectivity index (χ0) is 28.1. The number of nitrogens with one attached hydrogen (secondary N) is 1. The van der Waals surface area contributed by atoms with Crippen LogP contribution in [0.25, 0.3) is 0 Å². The van der Waals surface area contributed by atoms with E-state index in [9.17, 15) is 14.4 Å². The SMILES string of the molecule is C=CC(=O)N1CCCN(C(=O)c2cc(Sc3cnc(NC(=O)c4ccsc4)s3)c(C)cc2OC)CC1C(C)C. The van der Waals surface area contributed by atoms with E-state index in [2.05, 4.69) is 30.7 Å². The molecule has 2 aromatic heterocycles. The highest BCUT2D eigenvalue weighted by atomic mass is 32.2. The highest BCUT2D eigenvalue weighted by molar-refractivity contribution is 8.01. The number of aromatic nitrogens is 1. The fourth-order valence-electron chi connectivity index (χ4n) is 4.47. The van der Waals surface area contributed by atoms with Crippen LogP contribution in [-0.2, 0) is 4.79 Å². The molecule has 1 aromatic carbocycles. The maximum Gasteiger partial charge on any atom is 0.258 e. The number of hydrogen-bond acceptors (Lipinski definition) is 8. The van der Waals surface area contributed by atoms with Gasteiger partial charge >= 0.3 is 0 Å². The molecular weight excluding hydrogens is 553 g/mol. The summed E-state index contributed by atoms with van der Waals surface area (Å²) in [6.45, 7) is 11.3. The first-order chi connectivity index (χ1) is 18.7. The summed E-state index contributed by atoms with van der Waals surface area (Å²) in [5.41, 5.74) is 2.04. The summed E-state index contributed by atoms with van der Waals surface area (Å²) in [5, 5.41) is 7.00. The molecule has 11 heteroatoms. The lowest BCUT2D eigenvalue weighted by Gasteiger charge is -2.34. The first-order valence-corrected chi connectivity index (χ1v) is 15.2. The van der Waals surface area contributed by atoms with Gasteiger partial charge < -0.3 is 14.5 Å². The van der Waals surface area contributed by atoms with Gasteiger partial charge in [-0.2, -0.15) is 11.3 Å². The number of rotatable bonds is 8. The van der Waals surface area contributed by atoms with Crippen molar-refractivity contribution >= 4 is 57.3 Å². The molecule has 0 bridgehead atoms. The van der Waals surface area contributed by atoms with Crippen molar-refractivity contribution in [2.45, 2.75) is 42.3 Å². The smallest absolute Gasteiger partial charge is 0.258 e. The molecule has 1 N–H and O–H groups in total. The van der Waals surface area contributed by atoms with Crippen molar-refractivity contribution in [2.75, 3.05) is 32.1 Å². The van der Waals surface area contributed by atoms with Gasteiger partial charge in [0, 0.05) is 29.9 Å². The Morgan fingerprint density at radius 2 is 2.08 bits per heavy atom. The molecule has 0 aliphatic carbocycles. The van der Waals surface area contributed by atoms with Crippen LogP contribution in [0.1, 0.15) is 46.5 Å². The molecule has 0 spiro atoms. The Kier molecular flexibility index (Phi) is 9.47. The third-order valence-electron chi connectivity index (χ3n) is 6.58.